The molecule has 0 unspecified atom stereocenters. The van der Waals surface area contributed by atoms with Crippen LogP contribution in [0.4, 0.5) is 4.39 Å². The molecule has 2 aromatic carbocycles. The molecule has 1 aromatic heterocycles. The highest BCUT2D eigenvalue weighted by molar-refractivity contribution is 7.99. The van der Waals surface area contributed by atoms with Gasteiger partial charge in [0.15, 0.2) is 5.16 Å². The molecular formula is C18H18FN3OS. The summed E-state index contributed by atoms with van der Waals surface area (Å²) in [6.45, 7) is 3.23. The van der Waals surface area contributed by atoms with Crippen LogP contribution in [0.1, 0.15) is 11.4 Å². The Bertz CT molecular complexity index is 775. The Balaban J connectivity index is 1.55. The molecule has 0 aliphatic rings. The summed E-state index contributed by atoms with van der Waals surface area (Å²) in [7, 11) is 0. The molecule has 0 saturated carbocycles. The number of halogens is 1. The molecule has 0 aliphatic carbocycles. The summed E-state index contributed by atoms with van der Waals surface area (Å²) in [5.41, 5.74) is 1.21. The van der Waals surface area contributed by atoms with Crippen molar-refractivity contribution >= 4 is 11.8 Å². The van der Waals surface area contributed by atoms with Crippen LogP contribution in [-0.4, -0.2) is 27.1 Å². The van der Waals surface area contributed by atoms with E-state index in [1.807, 2.05) is 25.1 Å². The van der Waals surface area contributed by atoms with Crippen molar-refractivity contribution in [2.75, 3.05) is 12.4 Å². The summed E-state index contributed by atoms with van der Waals surface area (Å²) in [6, 6.07) is 16.3. The highest BCUT2D eigenvalue weighted by Crippen LogP contribution is 2.19. The maximum atomic E-state index is 12.8. The Morgan fingerprint density at radius 3 is 2.54 bits per heavy atom. The van der Waals surface area contributed by atoms with Crippen LogP contribution in [0.25, 0.3) is 0 Å². The molecular weight excluding hydrogens is 325 g/mol. The maximum Gasteiger partial charge on any atom is 0.191 e. The minimum absolute atomic E-state index is 0.263. The summed E-state index contributed by atoms with van der Waals surface area (Å²) in [6.07, 6.45) is 0. The lowest BCUT2D eigenvalue weighted by Gasteiger charge is -2.09. The predicted molar refractivity (Wildman–Crippen MR) is 92.9 cm³/mol. The molecule has 3 aromatic rings. The quantitative estimate of drug-likeness (QED) is 0.481. The smallest absolute Gasteiger partial charge is 0.191 e. The largest absolute Gasteiger partial charge is 0.493 e. The number of aromatic nitrogens is 3. The fourth-order valence-corrected chi connectivity index (χ4v) is 3.04. The fraction of sp³-hybridized carbons (Fsp3) is 0.222. The van der Waals surface area contributed by atoms with Gasteiger partial charge in [-0.25, -0.2) is 4.39 Å². The first kappa shape index (κ1) is 16.5. The van der Waals surface area contributed by atoms with E-state index in [0.717, 1.165) is 23.3 Å². The molecule has 0 amide bonds. The Morgan fingerprint density at radius 1 is 1.04 bits per heavy atom. The van der Waals surface area contributed by atoms with Gasteiger partial charge < -0.3 is 9.30 Å². The van der Waals surface area contributed by atoms with Crippen molar-refractivity contribution in [2.45, 2.75) is 18.6 Å². The SMILES string of the molecule is Cc1nnc(SCCOc2ccc(F)cc2)n1Cc1ccccc1. The van der Waals surface area contributed by atoms with Gasteiger partial charge in [-0.1, -0.05) is 42.1 Å². The lowest BCUT2D eigenvalue weighted by Crippen LogP contribution is -2.06. The highest BCUT2D eigenvalue weighted by Gasteiger charge is 2.10. The van der Waals surface area contributed by atoms with Gasteiger partial charge in [0.25, 0.3) is 0 Å². The number of thioether (sulfide) groups is 1. The van der Waals surface area contributed by atoms with Crippen LogP contribution >= 0.6 is 11.8 Å². The Hall–Kier alpha value is -2.34. The fourth-order valence-electron chi connectivity index (χ4n) is 2.24. The monoisotopic (exact) mass is 343 g/mol. The van der Waals surface area contributed by atoms with Crippen LogP contribution < -0.4 is 4.74 Å². The number of hydrogen-bond acceptors (Lipinski definition) is 4. The Morgan fingerprint density at radius 2 is 1.79 bits per heavy atom. The number of rotatable bonds is 7. The predicted octanol–water partition coefficient (Wildman–Crippen LogP) is 3.95. The first-order valence-corrected chi connectivity index (χ1v) is 8.66. The van der Waals surface area contributed by atoms with Crippen molar-refractivity contribution in [2.24, 2.45) is 0 Å². The van der Waals surface area contributed by atoms with E-state index in [4.69, 9.17) is 4.74 Å². The molecule has 0 aliphatic heterocycles. The van der Waals surface area contributed by atoms with Gasteiger partial charge in [-0.05, 0) is 36.8 Å². The van der Waals surface area contributed by atoms with Crippen molar-refractivity contribution in [1.82, 2.24) is 14.8 Å². The van der Waals surface area contributed by atoms with E-state index < -0.39 is 0 Å². The van der Waals surface area contributed by atoms with E-state index in [9.17, 15) is 4.39 Å². The van der Waals surface area contributed by atoms with E-state index in [1.165, 1.54) is 17.7 Å². The molecule has 0 fully saturated rings. The molecule has 4 nitrogen and oxygen atoms in total. The summed E-state index contributed by atoms with van der Waals surface area (Å²) in [5.74, 6) is 2.03. The van der Waals surface area contributed by atoms with Gasteiger partial charge in [-0.3, -0.25) is 0 Å². The molecule has 6 heteroatoms. The van der Waals surface area contributed by atoms with Gasteiger partial charge in [0.1, 0.15) is 17.4 Å². The molecule has 0 saturated heterocycles. The van der Waals surface area contributed by atoms with Crippen LogP contribution in [0.15, 0.2) is 59.8 Å². The van der Waals surface area contributed by atoms with Gasteiger partial charge in [0.05, 0.1) is 13.2 Å². The minimum atomic E-state index is -0.263. The third kappa shape index (κ3) is 4.35. The zero-order valence-corrected chi connectivity index (χ0v) is 14.2. The minimum Gasteiger partial charge on any atom is -0.493 e. The second-order valence-electron chi connectivity index (χ2n) is 5.25. The van der Waals surface area contributed by atoms with Crippen molar-refractivity contribution < 1.29 is 9.13 Å². The molecule has 0 spiro atoms. The van der Waals surface area contributed by atoms with Crippen LogP contribution in [0.2, 0.25) is 0 Å². The average molecular weight is 343 g/mol. The van der Waals surface area contributed by atoms with Gasteiger partial charge >= 0.3 is 0 Å². The van der Waals surface area contributed by atoms with Crippen molar-refractivity contribution in [3.8, 4) is 5.75 Å². The first-order chi connectivity index (χ1) is 11.7. The van der Waals surface area contributed by atoms with E-state index in [2.05, 4.69) is 26.9 Å². The van der Waals surface area contributed by atoms with Gasteiger partial charge in [0.2, 0.25) is 0 Å². The molecule has 0 atom stereocenters. The van der Waals surface area contributed by atoms with Crippen LogP contribution in [-0.2, 0) is 6.54 Å². The van der Waals surface area contributed by atoms with E-state index in [0.29, 0.717) is 12.4 Å². The van der Waals surface area contributed by atoms with E-state index >= 15 is 0 Å². The molecule has 1 heterocycles. The number of benzene rings is 2. The number of ether oxygens (including phenoxy) is 1. The topological polar surface area (TPSA) is 39.9 Å². The zero-order chi connectivity index (χ0) is 16.8. The Labute approximate surface area is 144 Å². The summed E-state index contributed by atoms with van der Waals surface area (Å²) < 4.78 is 20.5. The van der Waals surface area contributed by atoms with Gasteiger partial charge in [0, 0.05) is 5.75 Å². The lowest BCUT2D eigenvalue weighted by atomic mass is 10.2. The second-order valence-corrected chi connectivity index (χ2v) is 6.31. The molecule has 3 rings (SSSR count). The molecule has 0 radical (unpaired) electrons. The second kappa shape index (κ2) is 7.97. The summed E-state index contributed by atoms with van der Waals surface area (Å²) in [4.78, 5) is 0. The van der Waals surface area contributed by atoms with Gasteiger partial charge in [-0.2, -0.15) is 0 Å². The third-order valence-electron chi connectivity index (χ3n) is 3.48. The van der Waals surface area contributed by atoms with Crippen molar-refractivity contribution in [3.05, 3.63) is 71.8 Å². The molecule has 0 bridgehead atoms. The van der Waals surface area contributed by atoms with Crippen LogP contribution in [0.5, 0.6) is 5.75 Å². The average Bonchev–Trinajstić information content (AvgIpc) is 2.94. The van der Waals surface area contributed by atoms with Crippen molar-refractivity contribution in [1.29, 1.82) is 0 Å². The van der Waals surface area contributed by atoms with E-state index in [1.54, 1.807) is 23.9 Å². The van der Waals surface area contributed by atoms with Gasteiger partial charge in [-0.15, -0.1) is 10.2 Å². The maximum absolute atomic E-state index is 12.8. The summed E-state index contributed by atoms with van der Waals surface area (Å²) >= 11 is 1.60. The standard InChI is InChI=1S/C18H18FN3OS/c1-14-20-21-18(22(14)13-15-5-3-2-4-6-15)24-12-11-23-17-9-7-16(19)8-10-17/h2-10H,11-13H2,1H3. The first-order valence-electron chi connectivity index (χ1n) is 7.67. The lowest BCUT2D eigenvalue weighted by molar-refractivity contribution is 0.343. The number of hydrogen-bond donors (Lipinski definition) is 0. The number of aryl methyl sites for hydroxylation is 1. The molecule has 124 valence electrons. The van der Waals surface area contributed by atoms with Crippen LogP contribution in [0.3, 0.4) is 0 Å². The zero-order valence-electron chi connectivity index (χ0n) is 13.4. The third-order valence-corrected chi connectivity index (χ3v) is 4.41. The summed E-state index contributed by atoms with van der Waals surface area (Å²) in [5, 5.41) is 9.28. The molecule has 24 heavy (non-hydrogen) atoms. The normalized spacial score (nSPS) is 10.8. The Kier molecular flexibility index (Phi) is 5.48. The molecule has 0 N–H and O–H groups in total. The number of nitrogens with zero attached hydrogens (tertiary/aromatic N) is 3. The highest BCUT2D eigenvalue weighted by atomic mass is 32.2. The van der Waals surface area contributed by atoms with Crippen LogP contribution in [0, 0.1) is 12.7 Å². The van der Waals surface area contributed by atoms with E-state index in [-0.39, 0.29) is 5.82 Å². The van der Waals surface area contributed by atoms with Crippen molar-refractivity contribution in [3.63, 3.8) is 0 Å².